The van der Waals surface area contributed by atoms with Crippen LogP contribution in [0.15, 0.2) is 18.2 Å². The second kappa shape index (κ2) is 7.48. The number of hydrogen-bond donors (Lipinski definition) is 1. The second-order valence-electron chi connectivity index (χ2n) is 6.65. The standard InChI is InChI=1S/C19H24ClN3O2/c1-12(23-14(3)19(20)13(2)22-23)9-18(24)21-11-15-6-7-17-16(10-15)5-4-8-25-17/h6-7,10,12H,4-5,8-9,11H2,1-3H3,(H,21,24)/t12-/m1/s1. The van der Waals surface area contributed by atoms with Crippen molar-refractivity contribution in [2.75, 3.05) is 6.61 Å². The molecule has 1 amide bonds. The Bertz CT molecular complexity index is 785. The summed E-state index contributed by atoms with van der Waals surface area (Å²) in [7, 11) is 0. The number of carbonyl (C=O) groups is 1. The highest BCUT2D eigenvalue weighted by molar-refractivity contribution is 6.31. The van der Waals surface area contributed by atoms with Gasteiger partial charge < -0.3 is 10.1 Å². The molecule has 5 nitrogen and oxygen atoms in total. The quantitative estimate of drug-likeness (QED) is 0.882. The van der Waals surface area contributed by atoms with Gasteiger partial charge in [0, 0.05) is 13.0 Å². The predicted molar refractivity (Wildman–Crippen MR) is 98.1 cm³/mol. The number of carbonyl (C=O) groups excluding carboxylic acids is 1. The fourth-order valence-corrected chi connectivity index (χ4v) is 3.35. The number of nitrogens with one attached hydrogen (secondary N) is 1. The normalized spacial score (nSPS) is 14.6. The fraction of sp³-hybridized carbons (Fsp3) is 0.474. The maximum absolute atomic E-state index is 12.3. The van der Waals surface area contributed by atoms with Crippen LogP contribution in [0, 0.1) is 13.8 Å². The highest BCUT2D eigenvalue weighted by atomic mass is 35.5. The predicted octanol–water partition coefficient (Wildman–Crippen LogP) is 3.75. The lowest BCUT2D eigenvalue weighted by Gasteiger charge is -2.18. The van der Waals surface area contributed by atoms with Crippen LogP contribution in [-0.4, -0.2) is 22.3 Å². The third-order valence-electron chi connectivity index (χ3n) is 4.60. The number of hydrogen-bond acceptors (Lipinski definition) is 3. The molecule has 0 spiro atoms. The van der Waals surface area contributed by atoms with Crippen LogP contribution in [-0.2, 0) is 17.8 Å². The zero-order valence-corrected chi connectivity index (χ0v) is 15.7. The Morgan fingerprint density at radius 2 is 2.24 bits per heavy atom. The number of rotatable bonds is 5. The lowest BCUT2D eigenvalue weighted by Crippen LogP contribution is -2.26. The van der Waals surface area contributed by atoms with Gasteiger partial charge in [-0.05, 0) is 50.8 Å². The van der Waals surface area contributed by atoms with Gasteiger partial charge in [0.2, 0.25) is 5.91 Å². The van der Waals surface area contributed by atoms with Crippen LogP contribution >= 0.6 is 11.6 Å². The van der Waals surface area contributed by atoms with Crippen LogP contribution in [0.2, 0.25) is 5.02 Å². The molecule has 3 rings (SSSR count). The molecule has 0 radical (unpaired) electrons. The Morgan fingerprint density at radius 1 is 1.44 bits per heavy atom. The molecule has 0 aliphatic carbocycles. The Balaban J connectivity index is 1.56. The summed E-state index contributed by atoms with van der Waals surface area (Å²) in [5.74, 6) is 0.974. The zero-order valence-electron chi connectivity index (χ0n) is 14.9. The maximum atomic E-state index is 12.3. The van der Waals surface area contributed by atoms with Crippen LogP contribution < -0.4 is 10.1 Å². The maximum Gasteiger partial charge on any atom is 0.222 e. The molecule has 1 aliphatic heterocycles. The van der Waals surface area contributed by atoms with E-state index < -0.39 is 0 Å². The van der Waals surface area contributed by atoms with Crippen LogP contribution in [0.5, 0.6) is 5.75 Å². The fourth-order valence-electron chi connectivity index (χ4n) is 3.22. The van der Waals surface area contributed by atoms with E-state index in [0.717, 1.165) is 42.1 Å². The summed E-state index contributed by atoms with van der Waals surface area (Å²) in [6, 6.07) is 6.09. The van der Waals surface area contributed by atoms with Crippen molar-refractivity contribution in [2.45, 2.75) is 52.6 Å². The van der Waals surface area contributed by atoms with E-state index in [1.807, 2.05) is 37.6 Å². The molecule has 6 heteroatoms. The molecule has 134 valence electrons. The lowest BCUT2D eigenvalue weighted by molar-refractivity contribution is -0.122. The SMILES string of the molecule is Cc1nn([C@H](C)CC(=O)NCc2ccc3c(c2)CCCO3)c(C)c1Cl. The lowest BCUT2D eigenvalue weighted by atomic mass is 10.0. The summed E-state index contributed by atoms with van der Waals surface area (Å²) < 4.78 is 7.45. The highest BCUT2D eigenvalue weighted by Crippen LogP contribution is 2.26. The Morgan fingerprint density at radius 3 is 2.96 bits per heavy atom. The van der Waals surface area contributed by atoms with Crippen molar-refractivity contribution in [3.63, 3.8) is 0 Å². The summed E-state index contributed by atoms with van der Waals surface area (Å²) in [4.78, 5) is 12.3. The van der Waals surface area contributed by atoms with Crippen molar-refractivity contribution < 1.29 is 9.53 Å². The number of halogens is 1. The van der Waals surface area contributed by atoms with Gasteiger partial charge in [-0.1, -0.05) is 23.7 Å². The number of aryl methyl sites for hydroxylation is 2. The summed E-state index contributed by atoms with van der Waals surface area (Å²) in [6.07, 6.45) is 2.45. The molecule has 1 aliphatic rings. The molecule has 0 saturated carbocycles. The molecule has 2 heterocycles. The summed E-state index contributed by atoms with van der Waals surface area (Å²) in [5, 5.41) is 8.08. The molecule has 1 aromatic heterocycles. The first-order valence-electron chi connectivity index (χ1n) is 8.68. The minimum atomic E-state index is -0.0388. The number of benzene rings is 1. The van der Waals surface area contributed by atoms with Gasteiger partial charge in [0.25, 0.3) is 0 Å². The van der Waals surface area contributed by atoms with E-state index in [2.05, 4.69) is 16.5 Å². The van der Waals surface area contributed by atoms with Gasteiger partial charge in [0.05, 0.1) is 29.1 Å². The Kier molecular flexibility index (Phi) is 5.33. The van der Waals surface area contributed by atoms with Crippen LogP contribution in [0.4, 0.5) is 0 Å². The van der Waals surface area contributed by atoms with Crippen molar-refractivity contribution in [3.05, 3.63) is 45.7 Å². The van der Waals surface area contributed by atoms with Crippen molar-refractivity contribution in [3.8, 4) is 5.75 Å². The van der Waals surface area contributed by atoms with E-state index in [0.29, 0.717) is 18.0 Å². The molecule has 0 unspecified atom stereocenters. The second-order valence-corrected chi connectivity index (χ2v) is 7.03. The monoisotopic (exact) mass is 361 g/mol. The highest BCUT2D eigenvalue weighted by Gasteiger charge is 2.17. The molecule has 25 heavy (non-hydrogen) atoms. The van der Waals surface area contributed by atoms with E-state index in [-0.39, 0.29) is 11.9 Å². The first kappa shape index (κ1) is 17.8. The van der Waals surface area contributed by atoms with Crippen molar-refractivity contribution in [1.29, 1.82) is 0 Å². The average Bonchev–Trinajstić information content (AvgIpc) is 2.87. The van der Waals surface area contributed by atoms with Crippen molar-refractivity contribution in [2.24, 2.45) is 0 Å². The summed E-state index contributed by atoms with van der Waals surface area (Å²) >= 11 is 6.18. The molecule has 2 aromatic rings. The van der Waals surface area contributed by atoms with Crippen LogP contribution in [0.25, 0.3) is 0 Å². The molecular weight excluding hydrogens is 338 g/mol. The van der Waals surface area contributed by atoms with Gasteiger partial charge in [0.15, 0.2) is 0 Å². The van der Waals surface area contributed by atoms with E-state index in [4.69, 9.17) is 16.3 Å². The number of fused-ring (bicyclic) bond motifs is 1. The molecule has 0 saturated heterocycles. The third-order valence-corrected chi connectivity index (χ3v) is 5.14. The molecule has 0 fully saturated rings. The third kappa shape index (κ3) is 3.98. The van der Waals surface area contributed by atoms with E-state index in [9.17, 15) is 4.79 Å². The van der Waals surface area contributed by atoms with Crippen LogP contribution in [0.3, 0.4) is 0 Å². The minimum absolute atomic E-state index is 0.00477. The molecule has 1 aromatic carbocycles. The topological polar surface area (TPSA) is 56.2 Å². The first-order valence-corrected chi connectivity index (χ1v) is 9.06. The zero-order chi connectivity index (χ0) is 18.0. The Labute approximate surface area is 153 Å². The first-order chi connectivity index (χ1) is 12.0. The van der Waals surface area contributed by atoms with Crippen molar-refractivity contribution >= 4 is 17.5 Å². The smallest absolute Gasteiger partial charge is 0.222 e. The van der Waals surface area contributed by atoms with E-state index >= 15 is 0 Å². The van der Waals surface area contributed by atoms with Gasteiger partial charge in [0.1, 0.15) is 5.75 Å². The van der Waals surface area contributed by atoms with E-state index in [1.165, 1.54) is 5.56 Å². The number of amides is 1. The van der Waals surface area contributed by atoms with Gasteiger partial charge in [-0.25, -0.2) is 0 Å². The average molecular weight is 362 g/mol. The number of nitrogens with zero attached hydrogens (tertiary/aromatic N) is 2. The van der Waals surface area contributed by atoms with Gasteiger partial charge in [-0.3, -0.25) is 9.48 Å². The van der Waals surface area contributed by atoms with Crippen LogP contribution in [0.1, 0.15) is 48.3 Å². The van der Waals surface area contributed by atoms with Gasteiger partial charge >= 0.3 is 0 Å². The summed E-state index contributed by atoms with van der Waals surface area (Å²) in [5.41, 5.74) is 4.01. The number of aromatic nitrogens is 2. The van der Waals surface area contributed by atoms with Gasteiger partial charge in [-0.15, -0.1) is 0 Å². The molecular formula is C19H24ClN3O2. The molecule has 0 bridgehead atoms. The minimum Gasteiger partial charge on any atom is -0.493 e. The van der Waals surface area contributed by atoms with Crippen molar-refractivity contribution in [1.82, 2.24) is 15.1 Å². The molecule has 1 N–H and O–H groups in total. The summed E-state index contributed by atoms with van der Waals surface area (Å²) in [6.45, 7) is 7.09. The largest absolute Gasteiger partial charge is 0.493 e. The Hall–Kier alpha value is -2.01. The van der Waals surface area contributed by atoms with Gasteiger partial charge in [-0.2, -0.15) is 5.10 Å². The number of ether oxygens (including phenoxy) is 1. The molecule has 1 atom stereocenters. The van der Waals surface area contributed by atoms with E-state index in [1.54, 1.807) is 0 Å².